The molecule has 84 valence electrons. The Kier molecular flexibility index (Phi) is 3.28. The molecule has 16 heavy (non-hydrogen) atoms. The van der Waals surface area contributed by atoms with Crippen molar-refractivity contribution in [1.82, 2.24) is 5.32 Å². The molecule has 1 aromatic rings. The van der Waals surface area contributed by atoms with Crippen LogP contribution in [0.5, 0.6) is 0 Å². The van der Waals surface area contributed by atoms with Gasteiger partial charge < -0.3 is 5.32 Å². The molecule has 1 aromatic carbocycles. The van der Waals surface area contributed by atoms with E-state index in [4.69, 9.17) is 5.26 Å². The number of nitrogens with one attached hydrogen (secondary N) is 1. The minimum Gasteiger partial charge on any atom is -0.334 e. The first kappa shape index (κ1) is 12.2. The number of benzene rings is 1. The molecule has 0 heterocycles. The highest BCUT2D eigenvalue weighted by atomic mass is 19.1. The highest BCUT2D eigenvalue weighted by Crippen LogP contribution is 2.11. The van der Waals surface area contributed by atoms with Crippen molar-refractivity contribution in [2.45, 2.75) is 26.3 Å². The predicted molar refractivity (Wildman–Crippen MR) is 58.3 cm³/mol. The lowest BCUT2D eigenvalue weighted by atomic mass is 10.1. The van der Waals surface area contributed by atoms with Gasteiger partial charge in [-0.1, -0.05) is 11.6 Å². The number of nitrogens with zero attached hydrogens (tertiary/aromatic N) is 1. The molecule has 0 aliphatic carbocycles. The maximum absolute atomic E-state index is 13.4. The van der Waals surface area contributed by atoms with Crippen molar-refractivity contribution in [3.05, 3.63) is 35.1 Å². The molecule has 0 atom stereocenters. The van der Waals surface area contributed by atoms with Crippen LogP contribution in [0.15, 0.2) is 18.2 Å². The summed E-state index contributed by atoms with van der Waals surface area (Å²) in [7, 11) is 0. The summed E-state index contributed by atoms with van der Waals surface area (Å²) in [6.07, 6.45) is 0. The van der Waals surface area contributed by atoms with Crippen LogP contribution in [0, 0.1) is 24.1 Å². The summed E-state index contributed by atoms with van der Waals surface area (Å²) in [6, 6.07) is 6.20. The number of halogens is 1. The molecule has 0 spiro atoms. The Hall–Kier alpha value is -1.89. The largest absolute Gasteiger partial charge is 0.334 e. The molecule has 0 aliphatic rings. The second-order valence-corrected chi connectivity index (χ2v) is 4.17. The second kappa shape index (κ2) is 4.31. The Labute approximate surface area is 93.9 Å². The van der Waals surface area contributed by atoms with Crippen LogP contribution in [0.25, 0.3) is 0 Å². The number of hydrogen-bond acceptors (Lipinski definition) is 2. The first-order valence-corrected chi connectivity index (χ1v) is 4.85. The molecule has 0 bridgehead atoms. The van der Waals surface area contributed by atoms with Gasteiger partial charge in [-0.25, -0.2) is 4.39 Å². The molecule has 0 saturated heterocycles. The van der Waals surface area contributed by atoms with Gasteiger partial charge in [-0.2, -0.15) is 5.26 Å². The van der Waals surface area contributed by atoms with Crippen LogP contribution in [-0.4, -0.2) is 11.4 Å². The van der Waals surface area contributed by atoms with Crippen LogP contribution in [0.4, 0.5) is 4.39 Å². The van der Waals surface area contributed by atoms with Crippen LogP contribution >= 0.6 is 0 Å². The normalized spacial score (nSPS) is 10.7. The molecule has 0 aromatic heterocycles. The number of hydrogen-bond donors (Lipinski definition) is 1. The molecule has 4 heteroatoms. The quantitative estimate of drug-likeness (QED) is 0.830. The number of aryl methyl sites for hydroxylation is 1. The average Bonchev–Trinajstić information content (AvgIpc) is 2.21. The SMILES string of the molecule is Cc1ccc(F)c(C(=O)NC(C)(C)C#N)c1. The maximum atomic E-state index is 13.4. The van der Waals surface area contributed by atoms with Gasteiger partial charge in [0.25, 0.3) is 5.91 Å². The Bertz CT molecular complexity index is 461. The van der Waals surface area contributed by atoms with Crippen molar-refractivity contribution in [2.24, 2.45) is 0 Å². The zero-order chi connectivity index (χ0) is 12.3. The van der Waals surface area contributed by atoms with Crippen molar-refractivity contribution >= 4 is 5.91 Å². The lowest BCUT2D eigenvalue weighted by Gasteiger charge is -2.17. The summed E-state index contributed by atoms with van der Waals surface area (Å²) in [5.41, 5.74) is -0.252. The molecule has 0 radical (unpaired) electrons. The smallest absolute Gasteiger partial charge is 0.255 e. The van der Waals surface area contributed by atoms with Crippen molar-refractivity contribution in [3.8, 4) is 6.07 Å². The van der Waals surface area contributed by atoms with E-state index in [0.717, 1.165) is 5.56 Å². The van der Waals surface area contributed by atoms with Crippen molar-refractivity contribution in [3.63, 3.8) is 0 Å². The summed E-state index contributed by atoms with van der Waals surface area (Å²) < 4.78 is 13.4. The number of rotatable bonds is 2. The van der Waals surface area contributed by atoms with E-state index >= 15 is 0 Å². The van der Waals surface area contributed by atoms with Gasteiger partial charge in [0.1, 0.15) is 11.4 Å². The summed E-state index contributed by atoms with van der Waals surface area (Å²) >= 11 is 0. The third-order valence-corrected chi connectivity index (χ3v) is 2.07. The highest BCUT2D eigenvalue weighted by Gasteiger charge is 2.22. The van der Waals surface area contributed by atoms with Gasteiger partial charge in [0.2, 0.25) is 0 Å². The van der Waals surface area contributed by atoms with Crippen LogP contribution in [0.1, 0.15) is 29.8 Å². The first-order chi connectivity index (χ1) is 7.35. The van der Waals surface area contributed by atoms with Gasteiger partial charge in [-0.15, -0.1) is 0 Å². The number of amides is 1. The summed E-state index contributed by atoms with van der Waals surface area (Å²) in [4.78, 5) is 11.7. The van der Waals surface area contributed by atoms with Gasteiger partial charge in [-0.05, 0) is 32.9 Å². The summed E-state index contributed by atoms with van der Waals surface area (Å²) in [5, 5.41) is 11.2. The highest BCUT2D eigenvalue weighted by molar-refractivity contribution is 5.95. The van der Waals surface area contributed by atoms with Crippen molar-refractivity contribution < 1.29 is 9.18 Å². The standard InChI is InChI=1S/C12H13FN2O/c1-8-4-5-10(13)9(6-8)11(16)15-12(2,3)7-14/h4-6H,1-3H3,(H,15,16). The van der Waals surface area contributed by atoms with Gasteiger partial charge in [0.05, 0.1) is 11.6 Å². The van der Waals surface area contributed by atoms with Crippen molar-refractivity contribution in [2.75, 3.05) is 0 Å². The number of carbonyl (C=O) groups excluding carboxylic acids is 1. The van der Waals surface area contributed by atoms with E-state index in [1.165, 1.54) is 12.1 Å². The van der Waals surface area contributed by atoms with Gasteiger partial charge >= 0.3 is 0 Å². The molecule has 1 amide bonds. The zero-order valence-corrected chi connectivity index (χ0v) is 9.47. The molecular weight excluding hydrogens is 207 g/mol. The minimum absolute atomic E-state index is 0.0386. The van der Waals surface area contributed by atoms with Crippen LogP contribution < -0.4 is 5.32 Å². The third kappa shape index (κ3) is 2.80. The van der Waals surface area contributed by atoms with Gasteiger partial charge in [-0.3, -0.25) is 4.79 Å². The fourth-order valence-corrected chi connectivity index (χ4v) is 1.19. The lowest BCUT2D eigenvalue weighted by Crippen LogP contribution is -2.42. The topological polar surface area (TPSA) is 52.9 Å². The van der Waals surface area contributed by atoms with Crippen LogP contribution in [0.3, 0.4) is 0 Å². The summed E-state index contributed by atoms with van der Waals surface area (Å²) in [5.74, 6) is -1.16. The zero-order valence-electron chi connectivity index (χ0n) is 9.47. The van der Waals surface area contributed by atoms with Crippen LogP contribution in [0.2, 0.25) is 0 Å². The average molecular weight is 220 g/mol. The van der Waals surface area contributed by atoms with E-state index in [2.05, 4.69) is 5.32 Å². The molecule has 0 unspecified atom stereocenters. The molecule has 1 rings (SSSR count). The molecule has 0 fully saturated rings. The summed E-state index contributed by atoms with van der Waals surface area (Å²) in [6.45, 7) is 4.88. The molecular formula is C12H13FN2O. The molecule has 0 saturated carbocycles. The second-order valence-electron chi connectivity index (χ2n) is 4.17. The fourth-order valence-electron chi connectivity index (χ4n) is 1.19. The van der Waals surface area contributed by atoms with E-state index < -0.39 is 17.3 Å². The lowest BCUT2D eigenvalue weighted by molar-refractivity contribution is 0.0925. The van der Waals surface area contributed by atoms with Gasteiger partial charge in [0.15, 0.2) is 0 Å². The van der Waals surface area contributed by atoms with E-state index in [9.17, 15) is 9.18 Å². The Balaban J connectivity index is 2.98. The molecule has 1 N–H and O–H groups in total. The Morgan fingerprint density at radius 3 is 2.69 bits per heavy atom. The van der Waals surface area contributed by atoms with E-state index in [1.54, 1.807) is 26.8 Å². The first-order valence-electron chi connectivity index (χ1n) is 4.85. The predicted octanol–water partition coefficient (Wildman–Crippen LogP) is 2.17. The van der Waals surface area contributed by atoms with Gasteiger partial charge in [0, 0.05) is 0 Å². The molecule has 3 nitrogen and oxygen atoms in total. The molecule has 0 aliphatic heterocycles. The van der Waals surface area contributed by atoms with E-state index in [0.29, 0.717) is 0 Å². The Morgan fingerprint density at radius 1 is 1.50 bits per heavy atom. The minimum atomic E-state index is -1.01. The van der Waals surface area contributed by atoms with E-state index in [1.807, 2.05) is 6.07 Å². The van der Waals surface area contributed by atoms with E-state index in [-0.39, 0.29) is 5.56 Å². The third-order valence-electron chi connectivity index (χ3n) is 2.07. The number of carbonyl (C=O) groups is 1. The van der Waals surface area contributed by atoms with Crippen LogP contribution in [-0.2, 0) is 0 Å². The monoisotopic (exact) mass is 220 g/mol. The van der Waals surface area contributed by atoms with Crippen molar-refractivity contribution in [1.29, 1.82) is 5.26 Å². The fraction of sp³-hybridized carbons (Fsp3) is 0.333. The number of nitriles is 1. The maximum Gasteiger partial charge on any atom is 0.255 e. The Morgan fingerprint density at radius 2 is 2.12 bits per heavy atom.